The Morgan fingerprint density at radius 2 is 1.66 bits per heavy atom. The molecule has 0 aliphatic heterocycles. The van der Waals surface area contributed by atoms with Crippen LogP contribution >= 0.6 is 36.6 Å². The summed E-state index contributed by atoms with van der Waals surface area (Å²) in [5.74, 6) is 0.647. The molecule has 0 aliphatic carbocycles. The minimum atomic E-state index is -4.33. The molecule has 0 bridgehead atoms. The third-order valence-corrected chi connectivity index (χ3v) is 6.79. The Hall–Kier alpha value is -1.56. The second-order valence-electron chi connectivity index (χ2n) is 6.37. The molecule has 3 rings (SSSR count). The van der Waals surface area contributed by atoms with Crippen molar-refractivity contribution >= 4 is 57.4 Å². The molecule has 0 fully saturated rings. The van der Waals surface area contributed by atoms with Crippen molar-refractivity contribution in [1.82, 2.24) is 15.0 Å². The first-order valence-electron chi connectivity index (χ1n) is 9.10. The van der Waals surface area contributed by atoms with Gasteiger partial charge in [-0.3, -0.25) is 4.98 Å². The highest BCUT2D eigenvalue weighted by Gasteiger charge is 2.29. The van der Waals surface area contributed by atoms with Crippen LogP contribution in [0.4, 0.5) is 13.2 Å². The van der Waals surface area contributed by atoms with Crippen molar-refractivity contribution in [3.05, 3.63) is 66.5 Å². The Kier molecular flexibility index (Phi) is 11.2. The lowest BCUT2D eigenvalue weighted by Crippen LogP contribution is -2.32. The van der Waals surface area contributed by atoms with Gasteiger partial charge in [0.25, 0.3) is 0 Å². The number of rotatable bonds is 9. The number of alkyl halides is 3. The van der Waals surface area contributed by atoms with Crippen molar-refractivity contribution < 1.29 is 21.6 Å². The van der Waals surface area contributed by atoms with Gasteiger partial charge in [-0.2, -0.15) is 13.2 Å². The number of nitrogens with one attached hydrogen (secondary N) is 2. The van der Waals surface area contributed by atoms with Crippen LogP contribution < -0.4 is 10.0 Å². The van der Waals surface area contributed by atoms with Crippen LogP contribution in [0.25, 0.3) is 10.8 Å². The quantitative estimate of drug-likeness (QED) is 0.310. The zero-order valence-corrected chi connectivity index (χ0v) is 19.9. The topological polar surface area (TPSA) is 71.1 Å². The van der Waals surface area contributed by atoms with E-state index >= 15 is 0 Å². The van der Waals surface area contributed by atoms with Crippen molar-refractivity contribution in [3.8, 4) is 0 Å². The Bertz CT molecular complexity index is 1090. The molecule has 0 spiro atoms. The molecule has 5 nitrogen and oxygen atoms in total. The SMILES string of the molecule is Cl.Cl.O=S(=O)(NCCNCCSc1ccc(C(F)(F)F)cc1)c1cccc2cnccc12. The van der Waals surface area contributed by atoms with E-state index in [4.69, 9.17) is 0 Å². The summed E-state index contributed by atoms with van der Waals surface area (Å²) in [5, 5.41) is 4.48. The fourth-order valence-corrected chi connectivity index (χ4v) is 4.85. The van der Waals surface area contributed by atoms with Gasteiger partial charge >= 0.3 is 6.18 Å². The number of hydrogen-bond acceptors (Lipinski definition) is 5. The molecule has 2 aromatic carbocycles. The van der Waals surface area contributed by atoms with Crippen LogP contribution in [0, 0.1) is 0 Å². The summed E-state index contributed by atoms with van der Waals surface area (Å²) >= 11 is 1.43. The lowest BCUT2D eigenvalue weighted by Gasteiger charge is -2.10. The smallest absolute Gasteiger partial charge is 0.315 e. The second-order valence-corrected chi connectivity index (χ2v) is 9.28. The average molecular weight is 528 g/mol. The molecule has 3 aromatic rings. The first-order valence-corrected chi connectivity index (χ1v) is 11.6. The number of nitrogens with zero attached hydrogens (tertiary/aromatic N) is 1. The van der Waals surface area contributed by atoms with E-state index in [1.807, 2.05) is 0 Å². The molecule has 0 saturated heterocycles. The Labute approximate surface area is 201 Å². The Morgan fingerprint density at radius 1 is 0.938 bits per heavy atom. The third-order valence-electron chi connectivity index (χ3n) is 4.25. The molecule has 0 aliphatic rings. The predicted octanol–water partition coefficient (Wildman–Crippen LogP) is 4.76. The Morgan fingerprint density at radius 3 is 2.34 bits per heavy atom. The van der Waals surface area contributed by atoms with Gasteiger partial charge in [-0.1, -0.05) is 12.1 Å². The number of hydrogen-bond donors (Lipinski definition) is 2. The number of halogens is 5. The van der Waals surface area contributed by atoms with Gasteiger partial charge in [0, 0.05) is 53.4 Å². The average Bonchev–Trinajstić information content (AvgIpc) is 2.72. The zero-order chi connectivity index (χ0) is 21.6. The lowest BCUT2D eigenvalue weighted by molar-refractivity contribution is -0.137. The maximum atomic E-state index is 12.6. The highest BCUT2D eigenvalue weighted by molar-refractivity contribution is 7.99. The summed E-state index contributed by atoms with van der Waals surface area (Å²) in [7, 11) is -3.65. The summed E-state index contributed by atoms with van der Waals surface area (Å²) in [5.41, 5.74) is -0.667. The van der Waals surface area contributed by atoms with Gasteiger partial charge in [0.1, 0.15) is 0 Å². The summed E-state index contributed by atoms with van der Waals surface area (Å²) in [6, 6.07) is 11.7. The summed E-state index contributed by atoms with van der Waals surface area (Å²) in [6.07, 6.45) is -1.16. The van der Waals surface area contributed by atoms with Gasteiger partial charge in [0.15, 0.2) is 0 Å². The summed E-state index contributed by atoms with van der Waals surface area (Å²) in [6.45, 7) is 1.24. The first kappa shape index (κ1) is 28.5. The van der Waals surface area contributed by atoms with Crippen LogP contribution in [0.3, 0.4) is 0 Å². The van der Waals surface area contributed by atoms with E-state index in [0.29, 0.717) is 24.2 Å². The number of fused-ring (bicyclic) bond motifs is 1. The zero-order valence-electron chi connectivity index (χ0n) is 16.6. The van der Waals surface area contributed by atoms with Gasteiger partial charge < -0.3 is 5.32 Å². The van der Waals surface area contributed by atoms with Crippen molar-refractivity contribution in [2.45, 2.75) is 16.0 Å². The molecular weight excluding hydrogens is 506 g/mol. The van der Waals surface area contributed by atoms with Gasteiger partial charge in [-0.15, -0.1) is 36.6 Å². The van der Waals surface area contributed by atoms with E-state index in [9.17, 15) is 21.6 Å². The largest absolute Gasteiger partial charge is 0.416 e. The molecule has 0 amide bonds. The normalized spacial score (nSPS) is 11.6. The number of thioether (sulfide) groups is 1. The molecule has 2 N–H and O–H groups in total. The maximum absolute atomic E-state index is 12.6. The molecule has 0 saturated carbocycles. The molecule has 32 heavy (non-hydrogen) atoms. The fourth-order valence-electron chi connectivity index (χ4n) is 2.78. The first-order chi connectivity index (χ1) is 14.3. The van der Waals surface area contributed by atoms with Gasteiger partial charge in [-0.05, 0) is 36.4 Å². The van der Waals surface area contributed by atoms with Crippen molar-refractivity contribution in [1.29, 1.82) is 0 Å². The van der Waals surface area contributed by atoms with Gasteiger partial charge in [0.05, 0.1) is 10.5 Å². The summed E-state index contributed by atoms with van der Waals surface area (Å²) < 4.78 is 65.4. The van der Waals surface area contributed by atoms with Crippen molar-refractivity contribution in [2.75, 3.05) is 25.4 Å². The highest BCUT2D eigenvalue weighted by atomic mass is 35.5. The molecule has 12 heteroatoms. The maximum Gasteiger partial charge on any atom is 0.416 e. The highest BCUT2D eigenvalue weighted by Crippen LogP contribution is 2.30. The summed E-state index contributed by atoms with van der Waals surface area (Å²) in [4.78, 5) is 4.95. The number of pyridine rings is 1. The lowest BCUT2D eigenvalue weighted by atomic mass is 10.2. The molecule has 0 unspecified atom stereocenters. The molecular formula is C20H22Cl2F3N3O2S2. The van der Waals surface area contributed by atoms with Crippen molar-refractivity contribution in [3.63, 3.8) is 0 Å². The predicted molar refractivity (Wildman–Crippen MR) is 126 cm³/mol. The third kappa shape index (κ3) is 7.79. The van der Waals surface area contributed by atoms with E-state index in [-0.39, 0.29) is 36.3 Å². The van der Waals surface area contributed by atoms with Gasteiger partial charge in [-0.25, -0.2) is 13.1 Å². The molecule has 176 valence electrons. The standard InChI is InChI=1S/C20H20F3N3O2S2.2ClH/c21-20(22,23)16-4-6-17(7-5-16)29-13-12-24-10-11-26-30(27,28)19-3-1-2-15-14-25-9-8-18(15)19;;/h1-9,14,24,26H,10-13H2;2*1H. The minimum Gasteiger partial charge on any atom is -0.315 e. The van der Waals surface area contributed by atoms with E-state index in [0.717, 1.165) is 22.4 Å². The minimum absolute atomic E-state index is 0. The fraction of sp³-hybridized carbons (Fsp3) is 0.250. The van der Waals surface area contributed by atoms with Crippen LogP contribution in [0.2, 0.25) is 0 Å². The number of aromatic nitrogens is 1. The van der Waals surface area contributed by atoms with Crippen LogP contribution in [-0.2, 0) is 16.2 Å². The number of sulfonamides is 1. The van der Waals surface area contributed by atoms with Crippen LogP contribution in [0.15, 0.2) is 70.7 Å². The van der Waals surface area contributed by atoms with Gasteiger partial charge in [0.2, 0.25) is 10.0 Å². The van der Waals surface area contributed by atoms with E-state index < -0.39 is 21.8 Å². The van der Waals surface area contributed by atoms with Crippen LogP contribution in [0.1, 0.15) is 5.56 Å². The molecule has 0 radical (unpaired) electrons. The van der Waals surface area contributed by atoms with Crippen molar-refractivity contribution in [2.24, 2.45) is 0 Å². The van der Waals surface area contributed by atoms with Crippen LogP contribution in [-0.4, -0.2) is 38.8 Å². The van der Waals surface area contributed by atoms with E-state index in [1.165, 1.54) is 23.9 Å². The molecule has 1 heterocycles. The molecule has 0 atom stereocenters. The molecule has 1 aromatic heterocycles. The monoisotopic (exact) mass is 527 g/mol. The van der Waals surface area contributed by atoms with Crippen LogP contribution in [0.5, 0.6) is 0 Å². The second kappa shape index (κ2) is 12.6. The Balaban J connectivity index is 0.00000256. The van der Waals surface area contributed by atoms with E-state index in [2.05, 4.69) is 15.0 Å². The van der Waals surface area contributed by atoms with E-state index in [1.54, 1.807) is 36.7 Å². The number of benzene rings is 2.